The van der Waals surface area contributed by atoms with Crippen LogP contribution in [0.4, 0.5) is 0 Å². The maximum Gasteiger partial charge on any atom is 0.140 e. The van der Waals surface area contributed by atoms with Gasteiger partial charge in [0.05, 0.1) is 6.61 Å². The van der Waals surface area contributed by atoms with Gasteiger partial charge in [-0.15, -0.1) is 0 Å². The van der Waals surface area contributed by atoms with Gasteiger partial charge in [0.15, 0.2) is 0 Å². The third-order valence-corrected chi connectivity index (χ3v) is 3.45. The van der Waals surface area contributed by atoms with E-state index in [0.29, 0.717) is 6.42 Å². The summed E-state index contributed by atoms with van der Waals surface area (Å²) in [4.78, 5) is 0. The van der Waals surface area contributed by atoms with Gasteiger partial charge in [-0.3, -0.25) is 0 Å². The van der Waals surface area contributed by atoms with Crippen molar-refractivity contribution in [3.8, 4) is 0 Å². The summed E-state index contributed by atoms with van der Waals surface area (Å²) >= 11 is 0. The van der Waals surface area contributed by atoms with Gasteiger partial charge in [0.2, 0.25) is 0 Å². The Bertz CT molecular complexity index is 237. The van der Waals surface area contributed by atoms with Gasteiger partial charge in [0, 0.05) is 18.0 Å². The van der Waals surface area contributed by atoms with E-state index in [1.807, 2.05) is 0 Å². The quantitative estimate of drug-likeness (QED) is 0.235. The second kappa shape index (κ2) is 6.06. The molecule has 0 spiro atoms. The Morgan fingerprint density at radius 1 is 1.50 bits per heavy atom. The molecule has 1 saturated carbocycles. The highest BCUT2D eigenvalue weighted by atomic mass is 16.4. The first kappa shape index (κ1) is 13.3. The fraction of sp³-hybridized carbons (Fsp3) is 0.909. The van der Waals surface area contributed by atoms with E-state index in [1.165, 1.54) is 0 Å². The summed E-state index contributed by atoms with van der Waals surface area (Å²) in [5.74, 6) is 0.241. The molecule has 0 bridgehead atoms. The largest absolute Gasteiger partial charge is 0.409 e. The van der Waals surface area contributed by atoms with Crippen molar-refractivity contribution >= 4 is 5.84 Å². The minimum Gasteiger partial charge on any atom is -0.409 e. The summed E-state index contributed by atoms with van der Waals surface area (Å²) in [6, 6.07) is 0.168. The number of hydrogen-bond donors (Lipinski definition) is 4. The number of amidine groups is 1. The van der Waals surface area contributed by atoms with Crippen LogP contribution in [0.25, 0.3) is 0 Å². The first-order valence-electron chi connectivity index (χ1n) is 6.01. The van der Waals surface area contributed by atoms with Crippen LogP contribution in [0, 0.1) is 0 Å². The van der Waals surface area contributed by atoms with Crippen molar-refractivity contribution in [2.45, 2.75) is 57.0 Å². The van der Waals surface area contributed by atoms with E-state index in [1.54, 1.807) is 0 Å². The molecule has 1 rings (SSSR count). The van der Waals surface area contributed by atoms with Crippen LogP contribution in [-0.4, -0.2) is 34.3 Å². The number of hydrogen-bond acceptors (Lipinski definition) is 4. The molecule has 0 aromatic rings. The first-order chi connectivity index (χ1) is 7.65. The number of nitrogens with zero attached hydrogens (tertiary/aromatic N) is 1. The Morgan fingerprint density at radius 2 is 2.12 bits per heavy atom. The zero-order valence-corrected chi connectivity index (χ0v) is 9.95. The smallest absolute Gasteiger partial charge is 0.140 e. The van der Waals surface area contributed by atoms with Gasteiger partial charge in [-0.2, -0.15) is 0 Å². The lowest BCUT2D eigenvalue weighted by molar-refractivity contribution is 0.150. The van der Waals surface area contributed by atoms with E-state index in [2.05, 4.69) is 17.4 Å². The van der Waals surface area contributed by atoms with Gasteiger partial charge in [0.1, 0.15) is 5.84 Å². The van der Waals surface area contributed by atoms with Crippen LogP contribution < -0.4 is 11.1 Å². The molecule has 0 radical (unpaired) electrons. The monoisotopic (exact) mass is 229 g/mol. The number of rotatable bonds is 6. The van der Waals surface area contributed by atoms with E-state index in [9.17, 15) is 5.11 Å². The molecule has 0 aromatic heterocycles. The lowest BCUT2D eigenvalue weighted by Gasteiger charge is -2.33. The van der Waals surface area contributed by atoms with E-state index in [4.69, 9.17) is 10.9 Å². The predicted octanol–water partition coefficient (Wildman–Crippen LogP) is 0.796. The van der Waals surface area contributed by atoms with Crippen LogP contribution in [0.15, 0.2) is 5.16 Å². The molecule has 5 N–H and O–H groups in total. The Labute approximate surface area is 96.7 Å². The highest BCUT2D eigenvalue weighted by Crippen LogP contribution is 2.30. The molecule has 94 valence electrons. The molecule has 5 heteroatoms. The molecule has 1 unspecified atom stereocenters. The fourth-order valence-electron chi connectivity index (χ4n) is 2.42. The first-order valence-corrected chi connectivity index (χ1v) is 6.01. The molecule has 1 fully saturated rings. The molecule has 1 aliphatic carbocycles. The van der Waals surface area contributed by atoms with Gasteiger partial charge in [-0.1, -0.05) is 24.9 Å². The van der Waals surface area contributed by atoms with E-state index in [-0.39, 0.29) is 24.0 Å². The molecule has 1 aliphatic rings. The third-order valence-electron chi connectivity index (χ3n) is 3.45. The number of nitrogens with one attached hydrogen (secondary N) is 1. The van der Waals surface area contributed by atoms with Gasteiger partial charge >= 0.3 is 0 Å². The van der Waals surface area contributed by atoms with Gasteiger partial charge < -0.3 is 21.4 Å². The SMILES string of the molecule is CCC(CC(N)=NO)NC1(CO)CCCC1. The molecule has 0 aliphatic heterocycles. The average Bonchev–Trinajstić information content (AvgIpc) is 2.77. The summed E-state index contributed by atoms with van der Waals surface area (Å²) in [6.07, 6.45) is 5.76. The topological polar surface area (TPSA) is 90.9 Å². The van der Waals surface area contributed by atoms with E-state index in [0.717, 1.165) is 32.1 Å². The van der Waals surface area contributed by atoms with Crippen LogP contribution in [0.1, 0.15) is 45.4 Å². The van der Waals surface area contributed by atoms with Crippen molar-refractivity contribution in [1.29, 1.82) is 0 Å². The maximum atomic E-state index is 9.48. The normalized spacial score (nSPS) is 22.2. The van der Waals surface area contributed by atoms with Gasteiger partial charge in [-0.25, -0.2) is 0 Å². The standard InChI is InChI=1S/C11H23N3O2/c1-2-9(7-10(12)14-16)13-11(8-15)5-3-4-6-11/h9,13,15-16H,2-8H2,1H3,(H2,12,14). The van der Waals surface area contributed by atoms with Gasteiger partial charge in [-0.05, 0) is 19.3 Å². The van der Waals surface area contributed by atoms with E-state index < -0.39 is 0 Å². The maximum absolute atomic E-state index is 9.48. The Kier molecular flexibility index (Phi) is 5.02. The van der Waals surface area contributed by atoms with Crippen molar-refractivity contribution < 1.29 is 10.3 Å². The van der Waals surface area contributed by atoms with Crippen LogP contribution >= 0.6 is 0 Å². The predicted molar refractivity (Wildman–Crippen MR) is 63.5 cm³/mol. The summed E-state index contributed by atoms with van der Waals surface area (Å²) in [7, 11) is 0. The lowest BCUT2D eigenvalue weighted by Crippen LogP contribution is -2.51. The number of aliphatic hydroxyl groups is 1. The Balaban J connectivity index is 2.54. The molecule has 5 nitrogen and oxygen atoms in total. The van der Waals surface area contributed by atoms with Crippen LogP contribution in [0.3, 0.4) is 0 Å². The number of aliphatic hydroxyl groups excluding tert-OH is 1. The second-order valence-corrected chi connectivity index (χ2v) is 4.69. The molecule has 0 amide bonds. The highest BCUT2D eigenvalue weighted by molar-refractivity contribution is 5.80. The number of oxime groups is 1. The van der Waals surface area contributed by atoms with Crippen LogP contribution in [0.2, 0.25) is 0 Å². The van der Waals surface area contributed by atoms with Crippen molar-refractivity contribution in [3.05, 3.63) is 0 Å². The summed E-state index contributed by atoms with van der Waals surface area (Å²) < 4.78 is 0. The summed E-state index contributed by atoms with van der Waals surface area (Å²) in [5, 5.41) is 24.5. The number of nitrogens with two attached hydrogens (primary N) is 1. The van der Waals surface area contributed by atoms with Crippen molar-refractivity contribution in [2.24, 2.45) is 10.9 Å². The minimum atomic E-state index is -0.142. The van der Waals surface area contributed by atoms with Crippen molar-refractivity contribution in [3.63, 3.8) is 0 Å². The molecule has 0 aromatic carbocycles. The Hall–Kier alpha value is -0.810. The lowest BCUT2D eigenvalue weighted by atomic mass is 9.96. The zero-order valence-electron chi connectivity index (χ0n) is 9.95. The van der Waals surface area contributed by atoms with Crippen LogP contribution in [0.5, 0.6) is 0 Å². The summed E-state index contributed by atoms with van der Waals surface area (Å²) in [5.41, 5.74) is 5.36. The fourth-order valence-corrected chi connectivity index (χ4v) is 2.42. The zero-order chi connectivity index (χ0) is 12.0. The molecule has 16 heavy (non-hydrogen) atoms. The molecule has 0 saturated heterocycles. The van der Waals surface area contributed by atoms with Gasteiger partial charge in [0.25, 0.3) is 0 Å². The van der Waals surface area contributed by atoms with E-state index >= 15 is 0 Å². The van der Waals surface area contributed by atoms with Crippen molar-refractivity contribution in [2.75, 3.05) is 6.61 Å². The Morgan fingerprint density at radius 3 is 2.56 bits per heavy atom. The van der Waals surface area contributed by atoms with Crippen molar-refractivity contribution in [1.82, 2.24) is 5.32 Å². The molecular formula is C11H23N3O2. The second-order valence-electron chi connectivity index (χ2n) is 4.69. The summed E-state index contributed by atoms with van der Waals surface area (Å²) in [6.45, 7) is 2.22. The molecular weight excluding hydrogens is 206 g/mol. The highest BCUT2D eigenvalue weighted by Gasteiger charge is 2.34. The minimum absolute atomic E-state index is 0.142. The molecule has 1 atom stereocenters. The van der Waals surface area contributed by atoms with Crippen LogP contribution in [-0.2, 0) is 0 Å². The average molecular weight is 229 g/mol. The molecule has 0 heterocycles. The third kappa shape index (κ3) is 3.35.